The van der Waals surface area contributed by atoms with E-state index in [1.165, 1.54) is 6.07 Å². The molecule has 0 aliphatic rings. The maximum atomic E-state index is 10.6. The Morgan fingerprint density at radius 2 is 2.11 bits per heavy atom. The summed E-state index contributed by atoms with van der Waals surface area (Å²) < 4.78 is 5.40. The van der Waals surface area contributed by atoms with Gasteiger partial charge in [0.2, 0.25) is 0 Å². The summed E-state index contributed by atoms with van der Waals surface area (Å²) in [5.74, 6) is 2.23. The highest BCUT2D eigenvalue weighted by molar-refractivity contribution is 5.44. The van der Waals surface area contributed by atoms with Crippen LogP contribution in [-0.4, -0.2) is 9.91 Å². The van der Waals surface area contributed by atoms with E-state index < -0.39 is 4.92 Å². The van der Waals surface area contributed by atoms with Crippen LogP contribution in [0.3, 0.4) is 0 Å². The zero-order valence-corrected chi connectivity index (χ0v) is 10.1. The monoisotopic (exact) mass is 247 g/mol. The van der Waals surface area contributed by atoms with Gasteiger partial charge in [0.05, 0.1) is 11.5 Å². The van der Waals surface area contributed by atoms with Crippen molar-refractivity contribution in [3.8, 4) is 0 Å². The van der Waals surface area contributed by atoms with Gasteiger partial charge < -0.3 is 9.73 Å². The molecule has 1 N–H and O–H groups in total. The number of nitrogens with zero attached hydrogens (tertiary/aromatic N) is 2. The lowest BCUT2D eigenvalue weighted by molar-refractivity contribution is -0.385. The second-order valence-corrected chi connectivity index (χ2v) is 3.92. The third-order valence-electron chi connectivity index (χ3n) is 2.49. The molecule has 0 aliphatic heterocycles. The highest BCUT2D eigenvalue weighted by Crippen LogP contribution is 2.18. The standard InChI is InChI=1S/C12H13N3O3/c1-8-3-4-10(18-8)7-13-12-6-5-11(15(16)17)9(2)14-12/h3-6H,7H2,1-2H3,(H,13,14). The molecule has 6 heteroatoms. The molecule has 0 bridgehead atoms. The molecular weight excluding hydrogens is 234 g/mol. The van der Waals surface area contributed by atoms with Gasteiger partial charge in [0.15, 0.2) is 0 Å². The maximum absolute atomic E-state index is 10.6. The molecule has 0 atom stereocenters. The summed E-state index contributed by atoms with van der Waals surface area (Å²) in [5.41, 5.74) is 0.412. The Bertz CT molecular complexity index is 578. The van der Waals surface area contributed by atoms with E-state index in [2.05, 4.69) is 10.3 Å². The van der Waals surface area contributed by atoms with E-state index >= 15 is 0 Å². The first-order chi connectivity index (χ1) is 8.56. The second kappa shape index (κ2) is 4.87. The van der Waals surface area contributed by atoms with Crippen LogP contribution in [0.4, 0.5) is 11.5 Å². The average Bonchev–Trinajstić information content (AvgIpc) is 2.72. The Labute approximate surface area is 104 Å². The molecule has 18 heavy (non-hydrogen) atoms. The van der Waals surface area contributed by atoms with Crippen molar-refractivity contribution < 1.29 is 9.34 Å². The molecule has 2 rings (SSSR count). The lowest BCUT2D eigenvalue weighted by Gasteiger charge is -2.04. The first kappa shape index (κ1) is 12.1. The number of aryl methyl sites for hydroxylation is 2. The van der Waals surface area contributed by atoms with E-state index in [1.54, 1.807) is 13.0 Å². The van der Waals surface area contributed by atoms with E-state index in [-0.39, 0.29) is 5.69 Å². The first-order valence-corrected chi connectivity index (χ1v) is 5.47. The normalized spacial score (nSPS) is 10.3. The van der Waals surface area contributed by atoms with Gasteiger partial charge in [-0.1, -0.05) is 0 Å². The van der Waals surface area contributed by atoms with Gasteiger partial charge in [-0.15, -0.1) is 0 Å². The topological polar surface area (TPSA) is 81.2 Å². The molecule has 2 heterocycles. The predicted molar refractivity (Wildman–Crippen MR) is 66.4 cm³/mol. The Morgan fingerprint density at radius 1 is 1.33 bits per heavy atom. The van der Waals surface area contributed by atoms with E-state index in [9.17, 15) is 10.1 Å². The van der Waals surface area contributed by atoms with Crippen LogP contribution >= 0.6 is 0 Å². The molecule has 0 saturated carbocycles. The summed E-state index contributed by atoms with van der Waals surface area (Å²) in [6.07, 6.45) is 0. The minimum Gasteiger partial charge on any atom is -0.465 e. The van der Waals surface area contributed by atoms with E-state index in [0.29, 0.717) is 18.1 Å². The largest absolute Gasteiger partial charge is 0.465 e. The number of pyridine rings is 1. The van der Waals surface area contributed by atoms with E-state index in [1.807, 2.05) is 19.1 Å². The summed E-state index contributed by atoms with van der Waals surface area (Å²) in [6.45, 7) is 3.98. The third-order valence-corrected chi connectivity index (χ3v) is 2.49. The third kappa shape index (κ3) is 2.65. The van der Waals surface area contributed by atoms with Crippen molar-refractivity contribution in [1.82, 2.24) is 4.98 Å². The molecule has 0 unspecified atom stereocenters. The summed E-state index contributed by atoms with van der Waals surface area (Å²) in [4.78, 5) is 14.3. The van der Waals surface area contributed by atoms with Crippen LogP contribution in [0.25, 0.3) is 0 Å². The molecule has 94 valence electrons. The minimum atomic E-state index is -0.442. The fourth-order valence-electron chi connectivity index (χ4n) is 1.60. The molecule has 0 spiro atoms. The summed E-state index contributed by atoms with van der Waals surface area (Å²) >= 11 is 0. The van der Waals surface area contributed by atoms with Crippen LogP contribution in [0.15, 0.2) is 28.7 Å². The predicted octanol–water partition coefficient (Wildman–Crippen LogP) is 2.81. The van der Waals surface area contributed by atoms with Crippen LogP contribution in [0.5, 0.6) is 0 Å². The van der Waals surface area contributed by atoms with Gasteiger partial charge in [0, 0.05) is 6.07 Å². The first-order valence-electron chi connectivity index (χ1n) is 5.47. The second-order valence-electron chi connectivity index (χ2n) is 3.92. The molecule has 0 aromatic carbocycles. The SMILES string of the molecule is Cc1ccc(CNc2ccc([N+](=O)[O-])c(C)n2)o1. The molecular formula is C12H13N3O3. The fraction of sp³-hybridized carbons (Fsp3) is 0.250. The van der Waals surface area contributed by atoms with Crippen molar-refractivity contribution in [3.63, 3.8) is 0 Å². The molecule has 2 aromatic rings. The fourth-order valence-corrected chi connectivity index (χ4v) is 1.60. The van der Waals surface area contributed by atoms with Crippen molar-refractivity contribution in [3.05, 3.63) is 51.6 Å². The van der Waals surface area contributed by atoms with Gasteiger partial charge in [-0.05, 0) is 32.0 Å². The van der Waals surface area contributed by atoms with Gasteiger partial charge in [0.25, 0.3) is 5.69 Å². The molecule has 0 amide bonds. The zero-order chi connectivity index (χ0) is 13.1. The Balaban J connectivity index is 2.06. The van der Waals surface area contributed by atoms with Crippen LogP contribution in [0.2, 0.25) is 0 Å². The summed E-state index contributed by atoms with van der Waals surface area (Å²) in [7, 11) is 0. The number of hydrogen-bond acceptors (Lipinski definition) is 5. The van der Waals surface area contributed by atoms with Gasteiger partial charge in [0.1, 0.15) is 23.0 Å². The number of rotatable bonds is 4. The molecule has 2 aromatic heterocycles. The Hall–Kier alpha value is -2.37. The molecule has 0 fully saturated rings. The smallest absolute Gasteiger partial charge is 0.290 e. The van der Waals surface area contributed by atoms with Crippen LogP contribution in [0, 0.1) is 24.0 Å². The summed E-state index contributed by atoms with van der Waals surface area (Å²) in [5, 5.41) is 13.7. The highest BCUT2D eigenvalue weighted by Gasteiger charge is 2.11. The molecule has 0 aliphatic carbocycles. The average molecular weight is 247 g/mol. The van der Waals surface area contributed by atoms with Crippen LogP contribution in [0.1, 0.15) is 17.2 Å². The Kier molecular flexibility index (Phi) is 3.27. The number of hydrogen-bond donors (Lipinski definition) is 1. The van der Waals surface area contributed by atoms with Crippen LogP contribution in [-0.2, 0) is 6.54 Å². The van der Waals surface area contributed by atoms with Gasteiger partial charge in [-0.25, -0.2) is 4.98 Å². The van der Waals surface area contributed by atoms with E-state index in [4.69, 9.17) is 4.42 Å². The van der Waals surface area contributed by atoms with Crippen molar-refractivity contribution in [1.29, 1.82) is 0 Å². The van der Waals surface area contributed by atoms with Gasteiger partial charge >= 0.3 is 0 Å². The molecule has 0 saturated heterocycles. The number of anilines is 1. The maximum Gasteiger partial charge on any atom is 0.290 e. The Morgan fingerprint density at radius 3 is 2.67 bits per heavy atom. The number of nitro groups is 1. The highest BCUT2D eigenvalue weighted by atomic mass is 16.6. The van der Waals surface area contributed by atoms with Crippen LogP contribution < -0.4 is 5.32 Å². The van der Waals surface area contributed by atoms with Crippen molar-refractivity contribution >= 4 is 11.5 Å². The zero-order valence-electron chi connectivity index (χ0n) is 10.1. The quantitative estimate of drug-likeness (QED) is 0.663. The van der Waals surface area contributed by atoms with Gasteiger partial charge in [-0.2, -0.15) is 0 Å². The number of furan rings is 1. The summed E-state index contributed by atoms with van der Waals surface area (Å²) in [6, 6.07) is 6.78. The lowest BCUT2D eigenvalue weighted by atomic mass is 10.3. The van der Waals surface area contributed by atoms with Gasteiger partial charge in [-0.3, -0.25) is 10.1 Å². The van der Waals surface area contributed by atoms with Crippen molar-refractivity contribution in [2.45, 2.75) is 20.4 Å². The molecule has 6 nitrogen and oxygen atoms in total. The van der Waals surface area contributed by atoms with Crippen molar-refractivity contribution in [2.75, 3.05) is 5.32 Å². The number of aromatic nitrogens is 1. The molecule has 0 radical (unpaired) electrons. The van der Waals surface area contributed by atoms with E-state index in [0.717, 1.165) is 11.5 Å². The lowest BCUT2D eigenvalue weighted by Crippen LogP contribution is -2.02. The number of nitrogens with one attached hydrogen (secondary N) is 1. The van der Waals surface area contributed by atoms with Crippen molar-refractivity contribution in [2.24, 2.45) is 0 Å². The minimum absolute atomic E-state index is 0.0226.